The van der Waals surface area contributed by atoms with Crippen molar-refractivity contribution in [2.24, 2.45) is 11.7 Å². The van der Waals surface area contributed by atoms with Gasteiger partial charge in [0.15, 0.2) is 18.2 Å². The zero-order chi connectivity index (χ0) is 32.7. The van der Waals surface area contributed by atoms with Crippen molar-refractivity contribution >= 4 is 46.8 Å². The molecule has 4 atom stereocenters. The Morgan fingerprint density at radius 1 is 0.978 bits per heavy atom. The number of aliphatic carboxylic acids is 1. The Morgan fingerprint density at radius 2 is 1.58 bits per heavy atom. The first-order valence-electron chi connectivity index (χ1n) is 13.9. The number of halogens is 2. The van der Waals surface area contributed by atoms with E-state index in [1.165, 1.54) is 60.4 Å². The van der Waals surface area contributed by atoms with Gasteiger partial charge in [0.25, 0.3) is 5.91 Å². The fourth-order valence-electron chi connectivity index (χ4n) is 4.68. The number of Topliss-reactive ketones (excluding diaryl/α,β-unsaturated/α-hetero) is 2. The van der Waals surface area contributed by atoms with Gasteiger partial charge in [-0.1, -0.05) is 19.1 Å². The predicted molar refractivity (Wildman–Crippen MR) is 163 cm³/mol. The molecule has 4 rings (SSSR count). The second-order valence-corrected chi connectivity index (χ2v) is 11.6. The van der Waals surface area contributed by atoms with Crippen molar-refractivity contribution in [3.8, 4) is 5.75 Å². The molecule has 3 aromatic carbocycles. The molecule has 0 bridgehead atoms. The van der Waals surface area contributed by atoms with E-state index < -0.39 is 46.8 Å². The van der Waals surface area contributed by atoms with Gasteiger partial charge < -0.3 is 25.8 Å². The lowest BCUT2D eigenvalue weighted by Crippen LogP contribution is -2.57. The van der Waals surface area contributed by atoms with Crippen LogP contribution in [0.2, 0.25) is 0 Å². The number of nitrogens with one attached hydrogen (secondary N) is 1. The van der Waals surface area contributed by atoms with Gasteiger partial charge in [0, 0.05) is 17.7 Å². The summed E-state index contributed by atoms with van der Waals surface area (Å²) in [5, 5.41) is 10.7. The lowest BCUT2D eigenvalue weighted by Gasteiger charge is -2.47. The largest absolute Gasteiger partial charge is 0.484 e. The van der Waals surface area contributed by atoms with E-state index in [1.54, 1.807) is 24.3 Å². The Labute approximate surface area is 261 Å². The van der Waals surface area contributed by atoms with Gasteiger partial charge in [0.2, 0.25) is 5.91 Å². The van der Waals surface area contributed by atoms with Crippen LogP contribution in [0.3, 0.4) is 0 Å². The topological polar surface area (TPSA) is 156 Å². The Hall–Kier alpha value is -4.62. The van der Waals surface area contributed by atoms with Crippen LogP contribution in [0, 0.1) is 17.6 Å². The molecule has 0 saturated carbocycles. The number of carboxylic acids is 1. The molecule has 45 heavy (non-hydrogen) atoms. The zero-order valence-corrected chi connectivity index (χ0v) is 25.0. The van der Waals surface area contributed by atoms with Crippen molar-refractivity contribution in [2.45, 2.75) is 30.7 Å². The first-order chi connectivity index (χ1) is 21.4. The summed E-state index contributed by atoms with van der Waals surface area (Å²) < 4.78 is 32.4. The Morgan fingerprint density at radius 3 is 2.18 bits per heavy atom. The Kier molecular flexibility index (Phi) is 11.0. The van der Waals surface area contributed by atoms with Crippen LogP contribution < -0.4 is 20.7 Å². The van der Waals surface area contributed by atoms with Gasteiger partial charge in [-0.15, -0.1) is 11.8 Å². The third-order valence-corrected chi connectivity index (χ3v) is 8.48. The van der Waals surface area contributed by atoms with E-state index in [4.69, 9.17) is 15.6 Å². The second-order valence-electron chi connectivity index (χ2n) is 10.5. The molecule has 0 aromatic heterocycles. The number of nitrogens with two attached hydrogens (primary N) is 1. The van der Waals surface area contributed by atoms with Crippen molar-refractivity contribution in [3.05, 3.63) is 95.6 Å². The molecule has 2 amide bonds. The molecular formula is C32H31F2N3O7S. The molecule has 236 valence electrons. The summed E-state index contributed by atoms with van der Waals surface area (Å²) in [5.41, 5.74) is 7.03. The molecule has 10 nitrogen and oxygen atoms in total. The highest BCUT2D eigenvalue weighted by Crippen LogP contribution is 2.45. The highest BCUT2D eigenvalue weighted by atomic mass is 32.2. The van der Waals surface area contributed by atoms with Gasteiger partial charge in [0.1, 0.15) is 28.7 Å². The zero-order valence-electron chi connectivity index (χ0n) is 24.2. The molecule has 0 spiro atoms. The predicted octanol–water partition coefficient (Wildman–Crippen LogP) is 3.54. The number of nitrogens with zero attached hydrogens (tertiary/aromatic N) is 1. The van der Waals surface area contributed by atoms with Crippen molar-refractivity contribution in [1.82, 2.24) is 5.32 Å². The van der Waals surface area contributed by atoms with E-state index in [0.29, 0.717) is 22.6 Å². The first-order valence-corrected chi connectivity index (χ1v) is 15.0. The van der Waals surface area contributed by atoms with Crippen LogP contribution in [-0.2, 0) is 19.2 Å². The van der Waals surface area contributed by atoms with Gasteiger partial charge >= 0.3 is 5.97 Å². The first kappa shape index (κ1) is 33.3. The highest BCUT2D eigenvalue weighted by molar-refractivity contribution is 8.01. The Bertz CT molecular complexity index is 1550. The Balaban J connectivity index is 1.37. The van der Waals surface area contributed by atoms with Gasteiger partial charge in [-0.05, 0) is 72.1 Å². The monoisotopic (exact) mass is 639 g/mol. The van der Waals surface area contributed by atoms with Crippen LogP contribution in [0.25, 0.3) is 0 Å². The molecule has 1 fully saturated rings. The smallest absolute Gasteiger partial charge is 0.320 e. The summed E-state index contributed by atoms with van der Waals surface area (Å²) in [6.45, 7) is 0.859. The number of anilines is 1. The number of carbonyl (C=O) groups is 5. The average molecular weight is 640 g/mol. The molecule has 0 radical (unpaired) electrons. The minimum atomic E-state index is -1.21. The van der Waals surface area contributed by atoms with Crippen molar-refractivity contribution < 1.29 is 42.6 Å². The molecule has 1 heterocycles. The fourth-order valence-corrected chi connectivity index (χ4v) is 5.90. The maximum Gasteiger partial charge on any atom is 0.320 e. The molecular weight excluding hydrogens is 608 g/mol. The fraction of sp³-hybridized carbons (Fsp3) is 0.281. The summed E-state index contributed by atoms with van der Waals surface area (Å²) in [4.78, 5) is 62.7. The maximum atomic E-state index is 13.6. The van der Waals surface area contributed by atoms with E-state index in [9.17, 15) is 32.8 Å². The number of carbonyl (C=O) groups excluding carboxylic acids is 4. The van der Waals surface area contributed by atoms with Crippen LogP contribution in [-0.4, -0.2) is 64.7 Å². The molecule has 1 aliphatic rings. The number of ether oxygens (including phenoxy) is 1. The number of rotatable bonds is 15. The van der Waals surface area contributed by atoms with E-state index in [0.717, 1.165) is 11.8 Å². The number of β-lactam (4-membered cyclic amide) rings is 1. The summed E-state index contributed by atoms with van der Waals surface area (Å²) in [6, 6.07) is 15.6. The van der Waals surface area contributed by atoms with Crippen LogP contribution in [0.5, 0.6) is 5.75 Å². The van der Waals surface area contributed by atoms with Crippen LogP contribution in [0.4, 0.5) is 14.5 Å². The quantitative estimate of drug-likeness (QED) is 0.167. The molecule has 1 unspecified atom stereocenters. The molecule has 4 N–H and O–H groups in total. The van der Waals surface area contributed by atoms with Crippen molar-refractivity contribution in [1.29, 1.82) is 0 Å². The summed E-state index contributed by atoms with van der Waals surface area (Å²) in [6.07, 6.45) is -0.103. The summed E-state index contributed by atoms with van der Waals surface area (Å²) in [5.74, 6) is -3.83. The number of hydrogen-bond acceptors (Lipinski definition) is 8. The lowest BCUT2D eigenvalue weighted by molar-refractivity contribution is -0.140. The maximum absolute atomic E-state index is 13.6. The van der Waals surface area contributed by atoms with Crippen LogP contribution in [0.15, 0.2) is 72.8 Å². The highest BCUT2D eigenvalue weighted by Gasteiger charge is 2.49. The molecule has 3 aromatic rings. The number of thioether (sulfide) groups is 1. The average Bonchev–Trinajstić information content (AvgIpc) is 3.02. The summed E-state index contributed by atoms with van der Waals surface area (Å²) in [7, 11) is 0. The van der Waals surface area contributed by atoms with E-state index in [2.05, 4.69) is 5.32 Å². The third kappa shape index (κ3) is 8.52. The third-order valence-electron chi connectivity index (χ3n) is 7.23. The van der Waals surface area contributed by atoms with Crippen molar-refractivity contribution in [3.63, 3.8) is 0 Å². The van der Waals surface area contributed by atoms with E-state index in [-0.39, 0.29) is 42.8 Å². The second kappa shape index (κ2) is 14.9. The van der Waals surface area contributed by atoms with Gasteiger partial charge in [-0.3, -0.25) is 24.0 Å². The number of amides is 2. The van der Waals surface area contributed by atoms with Crippen LogP contribution >= 0.6 is 11.8 Å². The standard InChI is InChI=1S/C32H31F2N3O7S/c1-18(28(35)32(42)43)14-24(38)15-36-27(40)16-44-25-12-4-20(5-13-25)29-30(31(41)37(29)23-10-8-22(34)9-11-23)45-17-26(39)19-2-6-21(33)7-3-19/h2-13,18,28-30H,14-17,35H2,1H3,(H,36,40)(H,42,43)/t18?,28-,29-,30-/m1/s1. The van der Waals surface area contributed by atoms with E-state index >= 15 is 0 Å². The minimum Gasteiger partial charge on any atom is -0.484 e. The molecule has 13 heteroatoms. The van der Waals surface area contributed by atoms with Crippen LogP contribution in [0.1, 0.15) is 35.3 Å². The van der Waals surface area contributed by atoms with Gasteiger partial charge in [0.05, 0.1) is 18.3 Å². The number of benzene rings is 3. The van der Waals surface area contributed by atoms with E-state index in [1.807, 2.05) is 0 Å². The lowest BCUT2D eigenvalue weighted by atomic mass is 9.92. The SMILES string of the molecule is CC(CC(=O)CNC(=O)COc1ccc([C@@H]2[C@@H](SCC(=O)c3ccc(F)cc3)C(=O)N2c2ccc(F)cc2)cc1)[C@@H](N)C(=O)O. The number of hydrogen-bond donors (Lipinski definition) is 3. The minimum absolute atomic E-state index is 0.0140. The molecule has 1 saturated heterocycles. The van der Waals surface area contributed by atoms with Gasteiger partial charge in [-0.25, -0.2) is 8.78 Å². The molecule has 0 aliphatic carbocycles. The molecule has 1 aliphatic heterocycles. The van der Waals surface area contributed by atoms with Gasteiger partial charge in [-0.2, -0.15) is 0 Å². The number of carboxylic acid groups (broad SMARTS) is 1. The van der Waals surface area contributed by atoms with Crippen molar-refractivity contribution in [2.75, 3.05) is 23.8 Å². The number of ketones is 2. The normalized spacial score (nSPS) is 17.2. The summed E-state index contributed by atoms with van der Waals surface area (Å²) >= 11 is 1.16.